The monoisotopic (exact) mass is 272 g/mol. The molecule has 0 aliphatic rings. The fourth-order valence-electron chi connectivity index (χ4n) is 2.32. The van der Waals surface area contributed by atoms with E-state index in [-0.39, 0.29) is 11.3 Å². The first-order valence-corrected chi connectivity index (χ1v) is 6.16. The molecule has 20 heavy (non-hydrogen) atoms. The summed E-state index contributed by atoms with van der Waals surface area (Å²) < 4.78 is 5.38. The average molecular weight is 272 g/mol. The molecule has 0 spiro atoms. The van der Waals surface area contributed by atoms with Crippen LogP contribution in [0.1, 0.15) is 21.5 Å². The standard InChI is InChI=1S/C16H16O4/c1-9-6-10(2)15(14(7-9)20-3)11-4-5-13(17)12(8-11)16(18)19/h4-8,17H,1-3H3,(H,18,19). The molecule has 2 aromatic carbocycles. The minimum absolute atomic E-state index is 0.121. The number of carbonyl (C=O) groups is 1. The van der Waals surface area contributed by atoms with Crippen molar-refractivity contribution in [3.63, 3.8) is 0 Å². The Bertz CT molecular complexity index is 674. The van der Waals surface area contributed by atoms with E-state index in [2.05, 4.69) is 0 Å². The largest absolute Gasteiger partial charge is 0.507 e. The average Bonchev–Trinajstić information content (AvgIpc) is 2.38. The molecular weight excluding hydrogens is 256 g/mol. The highest BCUT2D eigenvalue weighted by Crippen LogP contribution is 2.36. The van der Waals surface area contributed by atoms with Gasteiger partial charge in [0, 0.05) is 5.56 Å². The summed E-state index contributed by atoms with van der Waals surface area (Å²) in [5.74, 6) is -0.720. The molecule has 0 bridgehead atoms. The lowest BCUT2D eigenvalue weighted by Gasteiger charge is -2.14. The van der Waals surface area contributed by atoms with Gasteiger partial charge in [0.25, 0.3) is 0 Å². The third kappa shape index (κ3) is 2.45. The van der Waals surface area contributed by atoms with Gasteiger partial charge in [0.1, 0.15) is 17.1 Å². The van der Waals surface area contributed by atoms with E-state index in [0.717, 1.165) is 16.7 Å². The molecule has 0 unspecified atom stereocenters. The van der Waals surface area contributed by atoms with Crippen LogP contribution >= 0.6 is 0 Å². The molecule has 0 fully saturated rings. The van der Waals surface area contributed by atoms with Gasteiger partial charge < -0.3 is 14.9 Å². The number of rotatable bonds is 3. The molecule has 2 rings (SSSR count). The summed E-state index contributed by atoms with van der Waals surface area (Å²) in [6, 6.07) is 8.43. The Morgan fingerprint density at radius 2 is 1.85 bits per heavy atom. The molecule has 4 heteroatoms. The van der Waals surface area contributed by atoms with E-state index in [9.17, 15) is 9.90 Å². The summed E-state index contributed by atoms with van der Waals surface area (Å²) >= 11 is 0. The van der Waals surface area contributed by atoms with Crippen LogP contribution < -0.4 is 4.74 Å². The van der Waals surface area contributed by atoms with E-state index in [4.69, 9.17) is 9.84 Å². The van der Waals surface area contributed by atoms with E-state index < -0.39 is 5.97 Å². The lowest BCUT2D eigenvalue weighted by atomic mass is 9.96. The number of carboxylic acids is 1. The number of aromatic carboxylic acids is 1. The summed E-state index contributed by atoms with van der Waals surface area (Å²) in [7, 11) is 1.58. The predicted octanol–water partition coefficient (Wildman–Crippen LogP) is 3.38. The second kappa shape index (κ2) is 5.25. The molecule has 2 N–H and O–H groups in total. The number of phenols is 1. The fraction of sp³-hybridized carbons (Fsp3) is 0.188. The van der Waals surface area contributed by atoms with Gasteiger partial charge in [-0.15, -0.1) is 0 Å². The van der Waals surface area contributed by atoms with Gasteiger partial charge in [-0.05, 0) is 48.7 Å². The van der Waals surface area contributed by atoms with Gasteiger partial charge in [-0.2, -0.15) is 0 Å². The molecule has 0 saturated carbocycles. The molecule has 0 aliphatic carbocycles. The van der Waals surface area contributed by atoms with Crippen LogP contribution in [0.2, 0.25) is 0 Å². The Labute approximate surface area is 117 Å². The molecule has 0 aromatic heterocycles. The number of aryl methyl sites for hydroxylation is 2. The van der Waals surface area contributed by atoms with Gasteiger partial charge >= 0.3 is 5.97 Å². The Morgan fingerprint density at radius 3 is 2.45 bits per heavy atom. The maximum absolute atomic E-state index is 11.1. The first-order valence-electron chi connectivity index (χ1n) is 6.16. The van der Waals surface area contributed by atoms with Crippen LogP contribution in [0.4, 0.5) is 0 Å². The summed E-state index contributed by atoms with van der Waals surface area (Å²) in [6.45, 7) is 3.91. The topological polar surface area (TPSA) is 66.8 Å². The summed E-state index contributed by atoms with van der Waals surface area (Å²) in [5.41, 5.74) is 3.48. The van der Waals surface area contributed by atoms with Gasteiger partial charge in [-0.3, -0.25) is 0 Å². The minimum atomic E-state index is -1.16. The Balaban J connectivity index is 2.68. The second-order valence-electron chi connectivity index (χ2n) is 4.70. The van der Waals surface area contributed by atoms with Crippen LogP contribution in [0.15, 0.2) is 30.3 Å². The highest BCUT2D eigenvalue weighted by molar-refractivity contribution is 5.93. The summed E-state index contributed by atoms with van der Waals surface area (Å²) in [5, 5.41) is 18.7. The van der Waals surface area contributed by atoms with Crippen molar-refractivity contribution in [1.29, 1.82) is 0 Å². The van der Waals surface area contributed by atoms with Gasteiger partial charge in [0.05, 0.1) is 7.11 Å². The quantitative estimate of drug-likeness (QED) is 0.898. The highest BCUT2D eigenvalue weighted by Gasteiger charge is 2.15. The van der Waals surface area contributed by atoms with E-state index in [0.29, 0.717) is 11.3 Å². The van der Waals surface area contributed by atoms with Crippen molar-refractivity contribution in [2.45, 2.75) is 13.8 Å². The molecule has 4 nitrogen and oxygen atoms in total. The summed E-state index contributed by atoms with van der Waals surface area (Å²) in [6.07, 6.45) is 0. The minimum Gasteiger partial charge on any atom is -0.507 e. The van der Waals surface area contributed by atoms with Crippen LogP contribution in [-0.4, -0.2) is 23.3 Å². The number of methoxy groups -OCH3 is 1. The highest BCUT2D eigenvalue weighted by atomic mass is 16.5. The van der Waals surface area contributed by atoms with Crippen LogP contribution in [-0.2, 0) is 0 Å². The maximum atomic E-state index is 11.1. The maximum Gasteiger partial charge on any atom is 0.339 e. The molecule has 104 valence electrons. The Morgan fingerprint density at radius 1 is 1.15 bits per heavy atom. The molecule has 0 heterocycles. The van der Waals surface area contributed by atoms with Crippen molar-refractivity contribution >= 4 is 5.97 Å². The second-order valence-corrected chi connectivity index (χ2v) is 4.70. The number of carboxylic acid groups (broad SMARTS) is 1. The van der Waals surface area contributed by atoms with Gasteiger partial charge in [-0.1, -0.05) is 12.1 Å². The van der Waals surface area contributed by atoms with E-state index in [1.165, 1.54) is 12.1 Å². The lowest BCUT2D eigenvalue weighted by Crippen LogP contribution is -1.98. The van der Waals surface area contributed by atoms with E-state index >= 15 is 0 Å². The molecule has 0 aliphatic heterocycles. The zero-order valence-corrected chi connectivity index (χ0v) is 11.6. The van der Waals surface area contributed by atoms with Crippen molar-refractivity contribution in [2.24, 2.45) is 0 Å². The molecule has 0 radical (unpaired) electrons. The van der Waals surface area contributed by atoms with Crippen molar-refractivity contribution in [3.8, 4) is 22.6 Å². The van der Waals surface area contributed by atoms with Crippen molar-refractivity contribution in [3.05, 3.63) is 47.0 Å². The number of hydrogen-bond donors (Lipinski definition) is 2. The molecule has 0 saturated heterocycles. The Kier molecular flexibility index (Phi) is 3.66. The van der Waals surface area contributed by atoms with Crippen LogP contribution in [0, 0.1) is 13.8 Å². The smallest absolute Gasteiger partial charge is 0.339 e. The number of hydrogen-bond acceptors (Lipinski definition) is 3. The van der Waals surface area contributed by atoms with Crippen molar-refractivity contribution < 1.29 is 19.7 Å². The van der Waals surface area contributed by atoms with Crippen LogP contribution in [0.5, 0.6) is 11.5 Å². The van der Waals surface area contributed by atoms with Crippen molar-refractivity contribution in [2.75, 3.05) is 7.11 Å². The predicted molar refractivity (Wildman–Crippen MR) is 76.5 cm³/mol. The first-order chi connectivity index (χ1) is 9.43. The molecular formula is C16H16O4. The van der Waals surface area contributed by atoms with E-state index in [1.54, 1.807) is 13.2 Å². The fourth-order valence-corrected chi connectivity index (χ4v) is 2.32. The number of ether oxygens (including phenoxy) is 1. The van der Waals surface area contributed by atoms with E-state index in [1.807, 2.05) is 26.0 Å². The summed E-state index contributed by atoms with van der Waals surface area (Å²) in [4.78, 5) is 11.1. The zero-order chi connectivity index (χ0) is 14.9. The van der Waals surface area contributed by atoms with Gasteiger partial charge in [0.2, 0.25) is 0 Å². The number of aromatic hydroxyl groups is 1. The number of benzene rings is 2. The lowest BCUT2D eigenvalue weighted by molar-refractivity contribution is 0.0694. The third-order valence-electron chi connectivity index (χ3n) is 3.18. The van der Waals surface area contributed by atoms with Crippen LogP contribution in [0.25, 0.3) is 11.1 Å². The van der Waals surface area contributed by atoms with Gasteiger partial charge in [0.15, 0.2) is 0 Å². The normalized spacial score (nSPS) is 10.3. The first kappa shape index (κ1) is 13.9. The molecule has 2 aromatic rings. The molecule has 0 amide bonds. The van der Waals surface area contributed by atoms with Gasteiger partial charge in [-0.25, -0.2) is 4.79 Å². The third-order valence-corrected chi connectivity index (χ3v) is 3.18. The Hall–Kier alpha value is -2.49. The zero-order valence-electron chi connectivity index (χ0n) is 11.6. The van der Waals surface area contributed by atoms with Crippen molar-refractivity contribution in [1.82, 2.24) is 0 Å². The SMILES string of the molecule is COc1cc(C)cc(C)c1-c1ccc(O)c(C(=O)O)c1. The molecule has 0 atom stereocenters. The van der Waals surface area contributed by atoms with Crippen LogP contribution in [0.3, 0.4) is 0 Å².